The van der Waals surface area contributed by atoms with Crippen LogP contribution in [-0.4, -0.2) is 48.9 Å². The average Bonchev–Trinajstić information content (AvgIpc) is 2.85. The quantitative estimate of drug-likeness (QED) is 0.867. The Labute approximate surface area is 108 Å². The summed E-state index contributed by atoms with van der Waals surface area (Å²) in [6, 6.07) is 3.73. The Bertz CT molecular complexity index is 416. The van der Waals surface area contributed by atoms with Gasteiger partial charge in [0.05, 0.1) is 6.54 Å². The highest BCUT2D eigenvalue weighted by Gasteiger charge is 2.26. The van der Waals surface area contributed by atoms with E-state index in [9.17, 15) is 4.79 Å². The van der Waals surface area contributed by atoms with Gasteiger partial charge in [0.25, 0.3) is 5.91 Å². The molecule has 2 rings (SSSR count). The second-order valence-electron chi connectivity index (χ2n) is 4.94. The number of furan rings is 1. The van der Waals surface area contributed by atoms with Gasteiger partial charge in [-0.05, 0) is 38.6 Å². The topological polar surface area (TPSA) is 62.7 Å². The first kappa shape index (κ1) is 13.1. The molecule has 2 heterocycles. The molecule has 1 aliphatic rings. The Balaban J connectivity index is 2.03. The van der Waals surface area contributed by atoms with E-state index in [1.165, 1.54) is 0 Å². The third kappa shape index (κ3) is 2.73. The molecular weight excluding hydrogens is 230 g/mol. The number of nitrogens with zero attached hydrogens (tertiary/aromatic N) is 2. The summed E-state index contributed by atoms with van der Waals surface area (Å²) in [6.45, 7) is 2.35. The van der Waals surface area contributed by atoms with Gasteiger partial charge >= 0.3 is 0 Å². The second kappa shape index (κ2) is 5.54. The molecule has 1 fully saturated rings. The molecule has 1 atom stereocenters. The van der Waals surface area contributed by atoms with Crippen molar-refractivity contribution >= 4 is 5.91 Å². The number of carbonyl (C=O) groups is 1. The lowest BCUT2D eigenvalue weighted by Gasteiger charge is -2.35. The number of hydrogen-bond acceptors (Lipinski definition) is 4. The average molecular weight is 251 g/mol. The van der Waals surface area contributed by atoms with E-state index in [1.54, 1.807) is 17.0 Å². The van der Waals surface area contributed by atoms with Gasteiger partial charge in [-0.3, -0.25) is 4.79 Å². The summed E-state index contributed by atoms with van der Waals surface area (Å²) in [5, 5.41) is 0. The summed E-state index contributed by atoms with van der Waals surface area (Å²) in [6.07, 6.45) is 2.18. The molecule has 5 nitrogen and oxygen atoms in total. The van der Waals surface area contributed by atoms with Gasteiger partial charge in [0.2, 0.25) is 0 Å². The Morgan fingerprint density at radius 2 is 2.39 bits per heavy atom. The van der Waals surface area contributed by atoms with Crippen LogP contribution in [0.3, 0.4) is 0 Å². The summed E-state index contributed by atoms with van der Waals surface area (Å²) in [7, 11) is 3.93. The van der Waals surface area contributed by atoms with Crippen molar-refractivity contribution in [2.75, 3.05) is 27.2 Å². The van der Waals surface area contributed by atoms with E-state index in [2.05, 4.69) is 11.9 Å². The highest BCUT2D eigenvalue weighted by atomic mass is 16.4. The van der Waals surface area contributed by atoms with E-state index in [0.717, 1.165) is 25.9 Å². The van der Waals surface area contributed by atoms with Crippen LogP contribution in [0.2, 0.25) is 0 Å². The fourth-order valence-corrected chi connectivity index (χ4v) is 2.40. The lowest BCUT2D eigenvalue weighted by Crippen LogP contribution is -2.47. The Morgan fingerprint density at radius 3 is 3.00 bits per heavy atom. The van der Waals surface area contributed by atoms with Gasteiger partial charge in [0, 0.05) is 19.6 Å². The number of likely N-dealkylation sites (N-methyl/N-ethyl adjacent to an activating group) is 2. The van der Waals surface area contributed by atoms with E-state index in [0.29, 0.717) is 18.1 Å². The second-order valence-corrected chi connectivity index (χ2v) is 4.94. The lowest BCUT2D eigenvalue weighted by molar-refractivity contribution is 0.0611. The number of carbonyl (C=O) groups excluding carboxylic acids is 1. The first-order valence-electron chi connectivity index (χ1n) is 6.36. The van der Waals surface area contributed by atoms with Crippen LogP contribution in [0.15, 0.2) is 16.5 Å². The molecule has 0 aliphatic carbocycles. The zero-order chi connectivity index (χ0) is 13.1. The van der Waals surface area contributed by atoms with Crippen molar-refractivity contribution in [2.45, 2.75) is 25.4 Å². The van der Waals surface area contributed by atoms with Crippen LogP contribution in [0.25, 0.3) is 0 Å². The molecule has 1 unspecified atom stereocenters. The standard InChI is InChI=1S/C13H21N3O2/c1-15-7-3-4-10(9-15)16(2)13(17)12-6-5-11(8-14)18-12/h5-6,10H,3-4,7-9,14H2,1-2H3. The van der Waals surface area contributed by atoms with E-state index in [-0.39, 0.29) is 11.9 Å². The number of amides is 1. The summed E-state index contributed by atoms with van der Waals surface area (Å²) >= 11 is 0. The molecule has 5 heteroatoms. The third-order valence-corrected chi connectivity index (χ3v) is 3.54. The third-order valence-electron chi connectivity index (χ3n) is 3.54. The highest BCUT2D eigenvalue weighted by Crippen LogP contribution is 2.17. The van der Waals surface area contributed by atoms with Gasteiger partial charge in [-0.2, -0.15) is 0 Å². The van der Waals surface area contributed by atoms with Crippen LogP contribution in [-0.2, 0) is 6.54 Å². The Kier molecular flexibility index (Phi) is 4.04. The number of piperidine rings is 1. The molecule has 2 N–H and O–H groups in total. The molecule has 1 amide bonds. The van der Waals surface area contributed by atoms with Crippen molar-refractivity contribution in [3.8, 4) is 0 Å². The normalized spacial score (nSPS) is 20.9. The summed E-state index contributed by atoms with van der Waals surface area (Å²) in [5.74, 6) is 0.966. The maximum absolute atomic E-state index is 12.3. The predicted octanol–water partition coefficient (Wildman–Crippen LogP) is 0.905. The summed E-state index contributed by atoms with van der Waals surface area (Å²) in [5.41, 5.74) is 5.48. The van der Waals surface area contributed by atoms with E-state index in [1.807, 2.05) is 7.05 Å². The van der Waals surface area contributed by atoms with Crippen molar-refractivity contribution in [3.63, 3.8) is 0 Å². The Hall–Kier alpha value is -1.33. The zero-order valence-electron chi connectivity index (χ0n) is 11.1. The highest BCUT2D eigenvalue weighted by molar-refractivity contribution is 5.91. The van der Waals surface area contributed by atoms with Gasteiger partial charge in [0.1, 0.15) is 5.76 Å². The maximum Gasteiger partial charge on any atom is 0.289 e. The van der Waals surface area contributed by atoms with Crippen LogP contribution in [0.1, 0.15) is 29.2 Å². The summed E-state index contributed by atoms with van der Waals surface area (Å²) in [4.78, 5) is 16.3. The Morgan fingerprint density at radius 1 is 1.61 bits per heavy atom. The van der Waals surface area contributed by atoms with Gasteiger partial charge in [-0.1, -0.05) is 0 Å². The van der Waals surface area contributed by atoms with E-state index < -0.39 is 0 Å². The molecule has 0 aromatic carbocycles. The van der Waals surface area contributed by atoms with Crippen LogP contribution in [0.5, 0.6) is 0 Å². The molecule has 0 bridgehead atoms. The number of likely N-dealkylation sites (tertiary alicyclic amines) is 1. The van der Waals surface area contributed by atoms with Gasteiger partial charge in [0.15, 0.2) is 5.76 Å². The molecule has 18 heavy (non-hydrogen) atoms. The molecule has 100 valence electrons. The lowest BCUT2D eigenvalue weighted by atomic mass is 10.0. The number of rotatable bonds is 3. The van der Waals surface area contributed by atoms with E-state index >= 15 is 0 Å². The van der Waals surface area contributed by atoms with Crippen molar-refractivity contribution in [1.82, 2.24) is 9.80 Å². The molecule has 1 aliphatic heterocycles. The minimum atomic E-state index is -0.0602. The fraction of sp³-hybridized carbons (Fsp3) is 0.615. The first-order chi connectivity index (χ1) is 8.61. The predicted molar refractivity (Wildman–Crippen MR) is 69.2 cm³/mol. The van der Waals surface area contributed by atoms with Gasteiger partial charge in [-0.25, -0.2) is 0 Å². The number of nitrogens with two attached hydrogens (primary N) is 1. The SMILES string of the molecule is CN1CCCC(N(C)C(=O)c2ccc(CN)o2)C1. The van der Waals surface area contributed by atoms with E-state index in [4.69, 9.17) is 10.2 Å². The van der Waals surface area contributed by atoms with Crippen LogP contribution in [0.4, 0.5) is 0 Å². The minimum Gasteiger partial charge on any atom is -0.455 e. The van der Waals surface area contributed by atoms with Crippen molar-refractivity contribution in [2.24, 2.45) is 5.73 Å². The van der Waals surface area contributed by atoms with Crippen molar-refractivity contribution in [1.29, 1.82) is 0 Å². The minimum absolute atomic E-state index is 0.0602. The van der Waals surface area contributed by atoms with Crippen molar-refractivity contribution in [3.05, 3.63) is 23.7 Å². The number of hydrogen-bond donors (Lipinski definition) is 1. The largest absolute Gasteiger partial charge is 0.455 e. The van der Waals surface area contributed by atoms with Crippen LogP contribution in [0, 0.1) is 0 Å². The van der Waals surface area contributed by atoms with Crippen molar-refractivity contribution < 1.29 is 9.21 Å². The molecule has 0 saturated carbocycles. The zero-order valence-corrected chi connectivity index (χ0v) is 11.1. The monoisotopic (exact) mass is 251 g/mol. The molecule has 1 aromatic rings. The van der Waals surface area contributed by atoms with Gasteiger partial charge < -0.3 is 20.0 Å². The maximum atomic E-state index is 12.3. The molecule has 0 radical (unpaired) electrons. The van der Waals surface area contributed by atoms with Crippen LogP contribution >= 0.6 is 0 Å². The van der Waals surface area contributed by atoms with Crippen LogP contribution < -0.4 is 5.73 Å². The smallest absolute Gasteiger partial charge is 0.289 e. The fourth-order valence-electron chi connectivity index (χ4n) is 2.40. The summed E-state index contributed by atoms with van der Waals surface area (Å²) < 4.78 is 5.40. The molecule has 1 saturated heterocycles. The molecule has 0 spiro atoms. The molecular formula is C13H21N3O2. The molecule has 1 aromatic heterocycles. The van der Waals surface area contributed by atoms with Gasteiger partial charge in [-0.15, -0.1) is 0 Å². The first-order valence-corrected chi connectivity index (χ1v) is 6.36.